The molecule has 1 aromatic rings. The van der Waals surface area contributed by atoms with Crippen LogP contribution in [0.3, 0.4) is 0 Å². The molecule has 0 spiro atoms. The van der Waals surface area contributed by atoms with Crippen molar-refractivity contribution in [2.75, 3.05) is 11.9 Å². The maximum absolute atomic E-state index is 12.2. The number of halogens is 3. The molecule has 0 amide bonds. The van der Waals surface area contributed by atoms with E-state index in [1.165, 1.54) is 0 Å². The average molecular weight is 283 g/mol. The van der Waals surface area contributed by atoms with Gasteiger partial charge in [-0.05, 0) is 12.3 Å². The summed E-state index contributed by atoms with van der Waals surface area (Å²) in [6.07, 6.45) is -3.99. The Labute approximate surface area is 105 Å². The summed E-state index contributed by atoms with van der Waals surface area (Å²) >= 11 is 0.432. The molecule has 9 heteroatoms. The van der Waals surface area contributed by atoms with Crippen molar-refractivity contribution < 1.29 is 23.1 Å². The number of hydrogen-bond donors (Lipinski definition) is 2. The first kappa shape index (κ1) is 14.7. The van der Waals surface area contributed by atoms with E-state index in [1.807, 2.05) is 6.92 Å². The van der Waals surface area contributed by atoms with E-state index in [-0.39, 0.29) is 17.5 Å². The van der Waals surface area contributed by atoms with Crippen LogP contribution in [0.15, 0.2) is 0 Å². The van der Waals surface area contributed by atoms with Crippen LogP contribution in [-0.2, 0) is 11.0 Å². The summed E-state index contributed by atoms with van der Waals surface area (Å²) in [6, 6.07) is 0. The van der Waals surface area contributed by atoms with Crippen molar-refractivity contribution in [3.05, 3.63) is 5.01 Å². The third-order valence-corrected chi connectivity index (χ3v) is 3.05. The zero-order chi connectivity index (χ0) is 13.8. The number of nitrogens with one attached hydrogen (secondary N) is 1. The Balaban J connectivity index is 2.39. The molecule has 1 rings (SSSR count). The van der Waals surface area contributed by atoms with Crippen molar-refractivity contribution in [1.29, 1.82) is 0 Å². The van der Waals surface area contributed by atoms with Gasteiger partial charge in [0.15, 0.2) is 0 Å². The molecule has 0 aliphatic carbocycles. The van der Waals surface area contributed by atoms with Crippen molar-refractivity contribution in [2.45, 2.75) is 25.9 Å². The van der Waals surface area contributed by atoms with E-state index in [4.69, 9.17) is 5.11 Å². The Morgan fingerprint density at radius 2 is 2.17 bits per heavy atom. The SMILES string of the molecule is CC(CCC(=O)O)CNc1nnc(C(F)(F)F)s1. The fraction of sp³-hybridized carbons (Fsp3) is 0.667. The van der Waals surface area contributed by atoms with Gasteiger partial charge in [-0.25, -0.2) is 0 Å². The molecule has 0 aliphatic rings. The maximum atomic E-state index is 12.2. The van der Waals surface area contributed by atoms with Crippen LogP contribution in [0.4, 0.5) is 18.3 Å². The third kappa shape index (κ3) is 4.86. The van der Waals surface area contributed by atoms with Gasteiger partial charge in [0, 0.05) is 13.0 Å². The quantitative estimate of drug-likeness (QED) is 0.838. The molecular formula is C9H12F3N3O2S. The molecule has 0 saturated carbocycles. The van der Waals surface area contributed by atoms with Crippen LogP contribution in [0.5, 0.6) is 0 Å². The second-order valence-corrected chi connectivity index (χ2v) is 4.81. The lowest BCUT2D eigenvalue weighted by molar-refractivity contribution is -0.138. The Bertz CT molecular complexity index is 408. The van der Waals surface area contributed by atoms with E-state index in [1.54, 1.807) is 0 Å². The van der Waals surface area contributed by atoms with Gasteiger partial charge in [-0.1, -0.05) is 18.3 Å². The lowest BCUT2D eigenvalue weighted by Gasteiger charge is -2.09. The van der Waals surface area contributed by atoms with Gasteiger partial charge < -0.3 is 10.4 Å². The van der Waals surface area contributed by atoms with Crippen LogP contribution in [-0.4, -0.2) is 27.8 Å². The molecule has 0 saturated heterocycles. The van der Waals surface area contributed by atoms with Crippen molar-refractivity contribution in [1.82, 2.24) is 10.2 Å². The fourth-order valence-electron chi connectivity index (χ4n) is 1.14. The van der Waals surface area contributed by atoms with Crippen LogP contribution >= 0.6 is 11.3 Å². The maximum Gasteiger partial charge on any atom is 0.445 e. The number of anilines is 1. The molecule has 0 aromatic carbocycles. The summed E-state index contributed by atoms with van der Waals surface area (Å²) in [5.74, 6) is -0.864. The molecule has 1 heterocycles. The molecule has 2 N–H and O–H groups in total. The summed E-state index contributed by atoms with van der Waals surface area (Å²) in [5, 5.41) is 16.7. The summed E-state index contributed by atoms with van der Waals surface area (Å²) in [6.45, 7) is 2.17. The molecule has 0 aliphatic heterocycles. The van der Waals surface area contributed by atoms with E-state index >= 15 is 0 Å². The average Bonchev–Trinajstić information content (AvgIpc) is 2.71. The molecule has 5 nitrogen and oxygen atoms in total. The largest absolute Gasteiger partial charge is 0.481 e. The van der Waals surface area contributed by atoms with Crippen LogP contribution in [0.2, 0.25) is 0 Å². The lowest BCUT2D eigenvalue weighted by atomic mass is 10.1. The van der Waals surface area contributed by atoms with Gasteiger partial charge in [-0.15, -0.1) is 10.2 Å². The number of nitrogens with zero attached hydrogens (tertiary/aromatic N) is 2. The number of carboxylic acid groups (broad SMARTS) is 1. The van der Waals surface area contributed by atoms with Gasteiger partial charge in [-0.2, -0.15) is 13.2 Å². The van der Waals surface area contributed by atoms with E-state index in [2.05, 4.69) is 15.5 Å². The van der Waals surface area contributed by atoms with Crippen LogP contribution in [0.25, 0.3) is 0 Å². The Hall–Kier alpha value is -1.38. The number of aromatic nitrogens is 2. The van der Waals surface area contributed by atoms with Gasteiger partial charge in [0.05, 0.1) is 0 Å². The lowest BCUT2D eigenvalue weighted by Crippen LogP contribution is -2.12. The first-order chi connectivity index (χ1) is 8.29. The number of aliphatic carboxylic acids is 1. The second kappa shape index (κ2) is 5.98. The normalized spacial score (nSPS) is 13.3. The number of carbonyl (C=O) groups is 1. The van der Waals surface area contributed by atoms with Crippen LogP contribution < -0.4 is 5.32 Å². The molecule has 1 atom stereocenters. The minimum atomic E-state index is -4.48. The molecule has 102 valence electrons. The third-order valence-electron chi connectivity index (χ3n) is 2.12. The second-order valence-electron chi connectivity index (χ2n) is 3.83. The first-order valence-corrected chi connectivity index (χ1v) is 5.97. The number of carboxylic acids is 1. The molecule has 1 unspecified atom stereocenters. The Kier molecular flexibility index (Phi) is 4.88. The van der Waals surface area contributed by atoms with Crippen molar-refractivity contribution in [2.24, 2.45) is 5.92 Å². The number of hydrogen-bond acceptors (Lipinski definition) is 5. The fourth-order valence-corrected chi connectivity index (χ4v) is 1.76. The highest BCUT2D eigenvalue weighted by Crippen LogP contribution is 2.33. The molecule has 0 bridgehead atoms. The summed E-state index contributed by atoms with van der Waals surface area (Å²) in [5.41, 5.74) is 0. The minimum Gasteiger partial charge on any atom is -0.481 e. The molecular weight excluding hydrogens is 271 g/mol. The van der Waals surface area contributed by atoms with E-state index in [0.29, 0.717) is 24.3 Å². The van der Waals surface area contributed by atoms with Gasteiger partial charge in [0.25, 0.3) is 0 Å². The standard InChI is InChI=1S/C9H12F3N3O2S/c1-5(2-3-6(16)17)4-13-8-15-14-7(18-8)9(10,11)12/h5H,2-4H2,1H3,(H,13,15)(H,16,17). The minimum absolute atomic E-state index is 0.0272. The van der Waals surface area contributed by atoms with Crippen molar-refractivity contribution in [3.8, 4) is 0 Å². The van der Waals surface area contributed by atoms with Crippen molar-refractivity contribution in [3.63, 3.8) is 0 Å². The highest BCUT2D eigenvalue weighted by Gasteiger charge is 2.35. The van der Waals surface area contributed by atoms with Crippen molar-refractivity contribution >= 4 is 22.4 Å². The topological polar surface area (TPSA) is 75.1 Å². The predicted octanol–water partition coefficient (Wildman–Crippen LogP) is 2.47. The highest BCUT2D eigenvalue weighted by atomic mass is 32.1. The smallest absolute Gasteiger partial charge is 0.445 e. The molecule has 1 aromatic heterocycles. The van der Waals surface area contributed by atoms with Gasteiger partial charge in [0.2, 0.25) is 10.1 Å². The van der Waals surface area contributed by atoms with Crippen LogP contribution in [0, 0.1) is 5.92 Å². The monoisotopic (exact) mass is 283 g/mol. The zero-order valence-electron chi connectivity index (χ0n) is 9.49. The summed E-state index contributed by atoms with van der Waals surface area (Å²) in [4.78, 5) is 10.3. The first-order valence-electron chi connectivity index (χ1n) is 5.15. The van der Waals surface area contributed by atoms with E-state index in [0.717, 1.165) is 0 Å². The van der Waals surface area contributed by atoms with Gasteiger partial charge >= 0.3 is 12.1 Å². The summed E-state index contributed by atoms with van der Waals surface area (Å²) < 4.78 is 36.7. The number of alkyl halides is 3. The van der Waals surface area contributed by atoms with E-state index in [9.17, 15) is 18.0 Å². The summed E-state index contributed by atoms with van der Waals surface area (Å²) in [7, 11) is 0. The highest BCUT2D eigenvalue weighted by molar-refractivity contribution is 7.15. The molecule has 0 fully saturated rings. The molecule has 18 heavy (non-hydrogen) atoms. The predicted molar refractivity (Wildman–Crippen MR) is 59.4 cm³/mol. The number of rotatable bonds is 6. The Morgan fingerprint density at radius 3 is 2.67 bits per heavy atom. The van der Waals surface area contributed by atoms with Crippen LogP contribution in [0.1, 0.15) is 24.8 Å². The zero-order valence-corrected chi connectivity index (χ0v) is 10.3. The van der Waals surface area contributed by atoms with Gasteiger partial charge in [-0.3, -0.25) is 4.79 Å². The Morgan fingerprint density at radius 1 is 1.50 bits per heavy atom. The molecule has 0 radical (unpaired) electrons. The van der Waals surface area contributed by atoms with Gasteiger partial charge in [0.1, 0.15) is 0 Å². The van der Waals surface area contributed by atoms with E-state index < -0.39 is 17.2 Å².